The van der Waals surface area contributed by atoms with Crippen molar-refractivity contribution in [3.63, 3.8) is 0 Å². The molecule has 4 aromatic rings. The van der Waals surface area contributed by atoms with E-state index in [1.165, 1.54) is 41.6 Å². The van der Waals surface area contributed by atoms with Crippen LogP contribution in [0.3, 0.4) is 0 Å². The number of hydrogen-bond acceptors (Lipinski definition) is 5. The molecule has 1 fully saturated rings. The van der Waals surface area contributed by atoms with Gasteiger partial charge in [0, 0.05) is 30.3 Å². The first-order valence-electron chi connectivity index (χ1n) is 12.0. The van der Waals surface area contributed by atoms with Crippen LogP contribution < -0.4 is 10.6 Å². The minimum Gasteiger partial charge on any atom is -0.382 e. The summed E-state index contributed by atoms with van der Waals surface area (Å²) in [6.07, 6.45) is -1.44. The molecule has 0 radical (unpaired) electrons. The van der Waals surface area contributed by atoms with Crippen molar-refractivity contribution in [3.05, 3.63) is 82.9 Å². The average Bonchev–Trinajstić information content (AvgIpc) is 3.58. The van der Waals surface area contributed by atoms with E-state index in [4.69, 9.17) is 0 Å². The molecule has 5 rings (SSSR count). The Morgan fingerprint density at radius 2 is 1.95 bits per heavy atom. The number of fused-ring (bicyclic) bond motifs is 1. The van der Waals surface area contributed by atoms with Gasteiger partial charge in [-0.05, 0) is 55.2 Å². The normalized spacial score (nSPS) is 13.8. The number of hydrogen-bond donors (Lipinski definition) is 2. The molecule has 1 saturated carbocycles. The van der Waals surface area contributed by atoms with Crippen LogP contribution in [0.15, 0.2) is 54.7 Å². The van der Waals surface area contributed by atoms with E-state index in [0.29, 0.717) is 11.7 Å². The standard InChI is InChI=1S/C27H25F4N5O/c1-16-11-17(5-6-19(16)14-33-21-7-8-21)24-15-34-26-23(32-10-9-27(29,30)31)13-22(35-36(24)26)25(37)18-3-2-4-20(28)12-18/h2-6,11-13,15,21,32-33H,7-10,14H2,1H3. The second-order valence-electron chi connectivity index (χ2n) is 9.25. The lowest BCUT2D eigenvalue weighted by Gasteiger charge is -2.13. The second-order valence-corrected chi connectivity index (χ2v) is 9.25. The zero-order chi connectivity index (χ0) is 26.2. The van der Waals surface area contributed by atoms with Crippen molar-refractivity contribution >= 4 is 17.1 Å². The van der Waals surface area contributed by atoms with Gasteiger partial charge in [-0.2, -0.15) is 18.3 Å². The Morgan fingerprint density at radius 1 is 1.14 bits per heavy atom. The molecule has 2 heterocycles. The number of benzene rings is 2. The zero-order valence-corrected chi connectivity index (χ0v) is 20.1. The Hall–Kier alpha value is -3.79. The molecule has 2 aromatic heterocycles. The molecule has 1 aliphatic rings. The summed E-state index contributed by atoms with van der Waals surface area (Å²) in [5, 5.41) is 10.7. The third kappa shape index (κ3) is 5.80. The fourth-order valence-electron chi connectivity index (χ4n) is 4.12. The summed E-state index contributed by atoms with van der Waals surface area (Å²) in [5.74, 6) is -1.14. The van der Waals surface area contributed by atoms with Crippen molar-refractivity contribution in [2.75, 3.05) is 11.9 Å². The summed E-state index contributed by atoms with van der Waals surface area (Å²) in [6.45, 7) is 2.37. The molecule has 6 nitrogen and oxygen atoms in total. The maximum Gasteiger partial charge on any atom is 0.390 e. The van der Waals surface area contributed by atoms with E-state index in [1.54, 1.807) is 6.20 Å². The van der Waals surface area contributed by atoms with Gasteiger partial charge in [-0.3, -0.25) is 4.79 Å². The van der Waals surface area contributed by atoms with E-state index in [1.807, 2.05) is 25.1 Å². The number of nitrogens with one attached hydrogen (secondary N) is 2. The first kappa shape index (κ1) is 24.9. The van der Waals surface area contributed by atoms with E-state index in [2.05, 4.69) is 20.7 Å². The van der Waals surface area contributed by atoms with Gasteiger partial charge in [0.1, 0.15) is 11.5 Å². The number of nitrogens with zero attached hydrogens (tertiary/aromatic N) is 3. The molecule has 2 N–H and O–H groups in total. The number of ketones is 1. The molecule has 0 bridgehead atoms. The Bertz CT molecular complexity index is 1460. The van der Waals surface area contributed by atoms with Gasteiger partial charge >= 0.3 is 6.18 Å². The molecule has 0 amide bonds. The van der Waals surface area contributed by atoms with Crippen LogP contribution in [0.25, 0.3) is 16.9 Å². The largest absolute Gasteiger partial charge is 0.390 e. The molecule has 0 atom stereocenters. The lowest BCUT2D eigenvalue weighted by atomic mass is 10.0. The van der Waals surface area contributed by atoms with E-state index < -0.39 is 30.7 Å². The third-order valence-corrected chi connectivity index (χ3v) is 6.31. The Labute approximate surface area is 210 Å². The number of aromatic nitrogens is 3. The van der Waals surface area contributed by atoms with Crippen LogP contribution in [0.2, 0.25) is 0 Å². The lowest BCUT2D eigenvalue weighted by molar-refractivity contribution is -0.131. The molecule has 37 heavy (non-hydrogen) atoms. The Balaban J connectivity index is 1.53. The smallest absolute Gasteiger partial charge is 0.382 e. The maximum atomic E-state index is 13.8. The van der Waals surface area contributed by atoms with Crippen molar-refractivity contribution in [3.8, 4) is 11.3 Å². The number of halogens is 4. The van der Waals surface area contributed by atoms with Crippen LogP contribution in [0.5, 0.6) is 0 Å². The quantitative estimate of drug-likeness (QED) is 0.223. The number of aryl methyl sites for hydroxylation is 1. The second kappa shape index (κ2) is 9.93. The fourth-order valence-corrected chi connectivity index (χ4v) is 4.12. The molecular weight excluding hydrogens is 486 g/mol. The molecule has 1 aliphatic carbocycles. The van der Waals surface area contributed by atoms with Crippen LogP contribution in [0.4, 0.5) is 23.2 Å². The van der Waals surface area contributed by atoms with Crippen LogP contribution in [-0.2, 0) is 6.54 Å². The maximum absolute atomic E-state index is 13.8. The molecular formula is C27H25F4N5O. The third-order valence-electron chi connectivity index (χ3n) is 6.31. The van der Waals surface area contributed by atoms with Crippen LogP contribution >= 0.6 is 0 Å². The highest BCUT2D eigenvalue weighted by Gasteiger charge is 2.27. The molecule has 10 heteroatoms. The van der Waals surface area contributed by atoms with Crippen LogP contribution in [-0.4, -0.2) is 39.1 Å². The number of anilines is 1. The zero-order valence-electron chi connectivity index (χ0n) is 20.1. The van der Waals surface area contributed by atoms with Crippen molar-refractivity contribution < 1.29 is 22.4 Å². The predicted octanol–water partition coefficient (Wildman–Crippen LogP) is 5.69. The summed E-state index contributed by atoms with van der Waals surface area (Å²) in [4.78, 5) is 17.5. The topological polar surface area (TPSA) is 71.3 Å². The number of imidazole rings is 1. The average molecular weight is 512 g/mol. The van der Waals surface area contributed by atoms with Gasteiger partial charge in [-0.25, -0.2) is 13.9 Å². The van der Waals surface area contributed by atoms with Gasteiger partial charge in [0.15, 0.2) is 5.65 Å². The molecule has 0 spiro atoms. The Kier molecular flexibility index (Phi) is 6.68. The van der Waals surface area contributed by atoms with Gasteiger partial charge < -0.3 is 10.6 Å². The highest BCUT2D eigenvalue weighted by atomic mass is 19.4. The van der Waals surface area contributed by atoms with Gasteiger partial charge in [-0.1, -0.05) is 24.3 Å². The van der Waals surface area contributed by atoms with E-state index in [0.717, 1.165) is 29.3 Å². The SMILES string of the molecule is Cc1cc(-c2cnc3c(NCCC(F)(F)F)cc(C(=O)c4cccc(F)c4)nn23)ccc1CNC1CC1. The molecule has 0 unspecified atom stereocenters. The van der Waals surface area contributed by atoms with Crippen molar-refractivity contribution in [1.29, 1.82) is 0 Å². The van der Waals surface area contributed by atoms with Gasteiger partial charge in [-0.15, -0.1) is 0 Å². The fraction of sp³-hybridized carbons (Fsp3) is 0.296. The number of alkyl halides is 3. The summed E-state index contributed by atoms with van der Waals surface area (Å²) in [5.41, 5.74) is 4.14. The number of carbonyl (C=O) groups is 1. The van der Waals surface area contributed by atoms with Gasteiger partial charge in [0.25, 0.3) is 0 Å². The van der Waals surface area contributed by atoms with Crippen LogP contribution in [0.1, 0.15) is 46.4 Å². The van der Waals surface area contributed by atoms with Crippen LogP contribution in [0, 0.1) is 12.7 Å². The predicted molar refractivity (Wildman–Crippen MR) is 132 cm³/mol. The molecule has 192 valence electrons. The lowest BCUT2D eigenvalue weighted by Crippen LogP contribution is -2.16. The van der Waals surface area contributed by atoms with Gasteiger partial charge in [0.05, 0.1) is 24.0 Å². The Morgan fingerprint density at radius 3 is 2.65 bits per heavy atom. The number of rotatable bonds is 9. The minimum absolute atomic E-state index is 0.0474. The minimum atomic E-state index is -4.34. The summed E-state index contributed by atoms with van der Waals surface area (Å²) >= 11 is 0. The molecule has 2 aromatic carbocycles. The van der Waals surface area contributed by atoms with Crippen molar-refractivity contribution in [1.82, 2.24) is 19.9 Å². The summed E-state index contributed by atoms with van der Waals surface area (Å²) in [7, 11) is 0. The highest BCUT2D eigenvalue weighted by molar-refractivity contribution is 6.08. The number of carbonyl (C=O) groups excluding carboxylic acids is 1. The monoisotopic (exact) mass is 511 g/mol. The molecule has 0 aliphatic heterocycles. The van der Waals surface area contributed by atoms with E-state index in [-0.39, 0.29) is 22.6 Å². The molecule has 0 saturated heterocycles. The first-order valence-corrected chi connectivity index (χ1v) is 12.0. The first-order chi connectivity index (χ1) is 17.7. The van der Waals surface area contributed by atoms with Crippen molar-refractivity contribution in [2.24, 2.45) is 0 Å². The highest BCUT2D eigenvalue weighted by Crippen LogP contribution is 2.28. The summed E-state index contributed by atoms with van der Waals surface area (Å²) in [6, 6.07) is 13.1. The van der Waals surface area contributed by atoms with E-state index in [9.17, 15) is 22.4 Å². The summed E-state index contributed by atoms with van der Waals surface area (Å²) < 4.78 is 53.5. The van der Waals surface area contributed by atoms with E-state index >= 15 is 0 Å². The van der Waals surface area contributed by atoms with Gasteiger partial charge in [0.2, 0.25) is 5.78 Å². The van der Waals surface area contributed by atoms with Crippen molar-refractivity contribution in [2.45, 2.75) is 44.9 Å².